The summed E-state index contributed by atoms with van der Waals surface area (Å²) in [5.41, 5.74) is 7.96. The van der Waals surface area contributed by atoms with E-state index in [9.17, 15) is 0 Å². The molecule has 112 valence electrons. The van der Waals surface area contributed by atoms with E-state index >= 15 is 0 Å². The molecule has 0 bridgehead atoms. The Labute approximate surface area is 119 Å². The molecular formula is C13H23N5O2. The summed E-state index contributed by atoms with van der Waals surface area (Å²) in [4.78, 5) is 1.88. The molecule has 1 aromatic rings. The number of hydrogen-bond acceptors (Lipinski definition) is 6. The summed E-state index contributed by atoms with van der Waals surface area (Å²) in [5.74, 6) is 0.614. The third-order valence-electron chi connectivity index (χ3n) is 3.04. The first kappa shape index (κ1) is 16.2. The Bertz CT molecular complexity index is 488. The number of amidine groups is 1. The molecule has 1 rings (SSSR count). The first-order valence-electron chi connectivity index (χ1n) is 6.53. The molecule has 20 heavy (non-hydrogen) atoms. The Morgan fingerprint density at radius 1 is 1.40 bits per heavy atom. The topological polar surface area (TPSA) is 96.9 Å². The summed E-state index contributed by atoms with van der Waals surface area (Å²) >= 11 is 0. The molecule has 7 nitrogen and oxygen atoms in total. The van der Waals surface area contributed by atoms with E-state index in [1.54, 1.807) is 0 Å². The van der Waals surface area contributed by atoms with Crippen LogP contribution >= 0.6 is 0 Å². The SMILES string of the molecule is Cc1nnc(N(C)CCOC(C)C)c(C(N)=NO)c1C. The fourth-order valence-electron chi connectivity index (χ4n) is 1.75. The van der Waals surface area contributed by atoms with Gasteiger partial charge in [-0.2, -0.15) is 5.10 Å². The number of oxime groups is 1. The molecule has 0 saturated carbocycles. The minimum absolute atomic E-state index is 0.0344. The van der Waals surface area contributed by atoms with Crippen LogP contribution in [0.3, 0.4) is 0 Å². The van der Waals surface area contributed by atoms with Crippen LogP contribution in [0.4, 0.5) is 5.82 Å². The smallest absolute Gasteiger partial charge is 0.174 e. The van der Waals surface area contributed by atoms with Gasteiger partial charge in [0.25, 0.3) is 0 Å². The lowest BCUT2D eigenvalue weighted by Crippen LogP contribution is -2.29. The Hall–Kier alpha value is -1.89. The Balaban J connectivity index is 3.02. The maximum absolute atomic E-state index is 8.93. The van der Waals surface area contributed by atoms with Crippen molar-refractivity contribution >= 4 is 11.7 Å². The largest absolute Gasteiger partial charge is 0.409 e. The summed E-state index contributed by atoms with van der Waals surface area (Å²) in [7, 11) is 1.87. The van der Waals surface area contributed by atoms with Gasteiger partial charge in [0.05, 0.1) is 24.0 Å². The number of aromatic nitrogens is 2. The fourth-order valence-corrected chi connectivity index (χ4v) is 1.75. The van der Waals surface area contributed by atoms with Crippen molar-refractivity contribution in [3.8, 4) is 0 Å². The van der Waals surface area contributed by atoms with Crippen LogP contribution in [0.2, 0.25) is 0 Å². The minimum atomic E-state index is 0.0344. The quantitative estimate of drug-likeness (QED) is 0.350. The highest BCUT2D eigenvalue weighted by Crippen LogP contribution is 2.20. The van der Waals surface area contributed by atoms with Crippen LogP contribution in [-0.4, -0.2) is 47.5 Å². The highest BCUT2D eigenvalue weighted by Gasteiger charge is 2.18. The molecule has 0 aliphatic heterocycles. The second-order valence-corrected chi connectivity index (χ2v) is 4.94. The zero-order valence-corrected chi connectivity index (χ0v) is 12.7. The molecule has 0 fully saturated rings. The normalized spacial score (nSPS) is 12.0. The molecule has 0 radical (unpaired) electrons. The monoisotopic (exact) mass is 281 g/mol. The molecule has 0 unspecified atom stereocenters. The van der Waals surface area contributed by atoms with Gasteiger partial charge in [0.15, 0.2) is 11.7 Å². The number of ether oxygens (including phenoxy) is 1. The van der Waals surface area contributed by atoms with Gasteiger partial charge >= 0.3 is 0 Å². The van der Waals surface area contributed by atoms with Crippen LogP contribution in [-0.2, 0) is 4.74 Å². The number of rotatable bonds is 6. The van der Waals surface area contributed by atoms with E-state index in [2.05, 4.69) is 15.4 Å². The van der Waals surface area contributed by atoms with Gasteiger partial charge in [-0.05, 0) is 33.3 Å². The first-order chi connectivity index (χ1) is 9.38. The minimum Gasteiger partial charge on any atom is -0.409 e. The fraction of sp³-hybridized carbons (Fsp3) is 0.615. The van der Waals surface area contributed by atoms with E-state index < -0.39 is 0 Å². The van der Waals surface area contributed by atoms with Crippen molar-refractivity contribution in [3.63, 3.8) is 0 Å². The summed E-state index contributed by atoms with van der Waals surface area (Å²) in [5, 5.41) is 20.3. The van der Waals surface area contributed by atoms with Gasteiger partial charge in [0, 0.05) is 13.6 Å². The van der Waals surface area contributed by atoms with Gasteiger partial charge in [-0.25, -0.2) is 0 Å². The highest BCUT2D eigenvalue weighted by atomic mass is 16.5. The Morgan fingerprint density at radius 2 is 2.05 bits per heavy atom. The third kappa shape index (κ3) is 3.80. The van der Waals surface area contributed by atoms with E-state index in [4.69, 9.17) is 15.7 Å². The lowest BCUT2D eigenvalue weighted by atomic mass is 10.1. The maximum atomic E-state index is 8.93. The average molecular weight is 281 g/mol. The van der Waals surface area contributed by atoms with Gasteiger partial charge in [0.2, 0.25) is 0 Å². The summed E-state index contributed by atoms with van der Waals surface area (Å²) < 4.78 is 5.51. The number of likely N-dealkylation sites (N-methyl/N-ethyl adjacent to an activating group) is 1. The Kier molecular flexibility index (Phi) is 5.69. The predicted octanol–water partition coefficient (Wildman–Crippen LogP) is 1.05. The standard InChI is InChI=1S/C13H23N5O2/c1-8(2)20-7-6-18(5)13-11(12(14)17-19)9(3)10(4)15-16-13/h8,19H,6-7H2,1-5H3,(H2,14,17). The molecule has 1 aromatic heterocycles. The zero-order chi connectivity index (χ0) is 15.3. The number of anilines is 1. The van der Waals surface area contributed by atoms with Crippen LogP contribution in [0.25, 0.3) is 0 Å². The molecule has 0 spiro atoms. The summed E-state index contributed by atoms with van der Waals surface area (Å²) in [6.45, 7) is 8.89. The van der Waals surface area contributed by atoms with E-state index in [0.717, 1.165) is 11.3 Å². The third-order valence-corrected chi connectivity index (χ3v) is 3.04. The molecular weight excluding hydrogens is 258 g/mol. The van der Waals surface area contributed by atoms with Crippen molar-refractivity contribution in [2.75, 3.05) is 25.1 Å². The highest BCUT2D eigenvalue weighted by molar-refractivity contribution is 6.02. The Morgan fingerprint density at radius 3 is 2.60 bits per heavy atom. The van der Waals surface area contributed by atoms with Crippen LogP contribution in [0, 0.1) is 13.8 Å². The maximum Gasteiger partial charge on any atom is 0.174 e. The number of nitrogens with two attached hydrogens (primary N) is 1. The van der Waals surface area contributed by atoms with Gasteiger partial charge in [-0.3, -0.25) is 0 Å². The number of hydrogen-bond donors (Lipinski definition) is 2. The molecule has 7 heteroatoms. The van der Waals surface area contributed by atoms with Gasteiger partial charge in [-0.15, -0.1) is 5.10 Å². The van der Waals surface area contributed by atoms with Crippen molar-refractivity contribution in [2.45, 2.75) is 33.8 Å². The van der Waals surface area contributed by atoms with E-state index in [1.165, 1.54) is 0 Å². The average Bonchev–Trinajstić information content (AvgIpc) is 2.40. The van der Waals surface area contributed by atoms with E-state index in [1.807, 2.05) is 39.6 Å². The van der Waals surface area contributed by atoms with E-state index in [0.29, 0.717) is 24.5 Å². The lowest BCUT2D eigenvalue weighted by molar-refractivity contribution is 0.0845. The van der Waals surface area contributed by atoms with Crippen molar-refractivity contribution in [3.05, 3.63) is 16.8 Å². The first-order valence-corrected chi connectivity index (χ1v) is 6.53. The molecule has 3 N–H and O–H groups in total. The van der Waals surface area contributed by atoms with Gasteiger partial charge in [0.1, 0.15) is 0 Å². The van der Waals surface area contributed by atoms with Crippen LogP contribution in [0.5, 0.6) is 0 Å². The molecule has 0 atom stereocenters. The van der Waals surface area contributed by atoms with Crippen LogP contribution in [0.15, 0.2) is 5.16 Å². The second kappa shape index (κ2) is 7.04. The lowest BCUT2D eigenvalue weighted by Gasteiger charge is -2.22. The molecule has 0 amide bonds. The van der Waals surface area contributed by atoms with Crippen molar-refractivity contribution in [2.24, 2.45) is 10.9 Å². The molecule has 1 heterocycles. The molecule has 0 aliphatic carbocycles. The van der Waals surface area contributed by atoms with Crippen molar-refractivity contribution in [1.82, 2.24) is 10.2 Å². The van der Waals surface area contributed by atoms with Crippen molar-refractivity contribution in [1.29, 1.82) is 0 Å². The van der Waals surface area contributed by atoms with Crippen molar-refractivity contribution < 1.29 is 9.94 Å². The van der Waals surface area contributed by atoms with Gasteiger partial charge in [-0.1, -0.05) is 5.16 Å². The van der Waals surface area contributed by atoms with E-state index in [-0.39, 0.29) is 11.9 Å². The summed E-state index contributed by atoms with van der Waals surface area (Å²) in [6.07, 6.45) is 0.179. The number of aryl methyl sites for hydroxylation is 1. The van der Waals surface area contributed by atoms with Crippen LogP contribution in [0.1, 0.15) is 30.7 Å². The summed E-state index contributed by atoms with van der Waals surface area (Å²) in [6, 6.07) is 0. The molecule has 0 aromatic carbocycles. The van der Waals surface area contributed by atoms with Crippen LogP contribution < -0.4 is 10.6 Å². The van der Waals surface area contributed by atoms with Gasteiger partial charge < -0.3 is 20.6 Å². The second-order valence-electron chi connectivity index (χ2n) is 4.94. The molecule has 0 aliphatic rings. The number of nitrogens with zero attached hydrogens (tertiary/aromatic N) is 4. The zero-order valence-electron chi connectivity index (χ0n) is 12.7. The predicted molar refractivity (Wildman–Crippen MR) is 78.4 cm³/mol. The molecule has 0 saturated heterocycles.